The van der Waals surface area contributed by atoms with Crippen LogP contribution in [0.1, 0.15) is 5.56 Å². The van der Waals surface area contributed by atoms with Crippen molar-refractivity contribution in [3.63, 3.8) is 0 Å². The van der Waals surface area contributed by atoms with Crippen LogP contribution in [0.4, 0.5) is 5.69 Å². The van der Waals surface area contributed by atoms with Gasteiger partial charge in [-0.15, -0.1) is 0 Å². The number of hydrogen-bond donors (Lipinski definition) is 1. The maximum absolute atomic E-state index is 10.4. The highest BCUT2D eigenvalue weighted by Crippen LogP contribution is 2.22. The highest BCUT2D eigenvalue weighted by molar-refractivity contribution is 7.80. The Kier molecular flexibility index (Phi) is 3.38. The van der Waals surface area contributed by atoms with E-state index in [2.05, 4.69) is 0 Å². The fraction of sp³-hybridized carbons (Fsp3) is 0.125. The number of nitro benzene ring substituents is 1. The molecule has 0 fully saturated rings. The third-order valence-corrected chi connectivity index (χ3v) is 2.12. The fourth-order valence-electron chi connectivity index (χ4n) is 0.998. The van der Waals surface area contributed by atoms with E-state index in [1.807, 2.05) is 0 Å². The average molecular weight is 231 g/mol. The van der Waals surface area contributed by atoms with Crippen LogP contribution in [-0.2, 0) is 6.42 Å². The minimum Gasteiger partial charge on any atom is -0.393 e. The largest absolute Gasteiger partial charge is 0.393 e. The Bertz CT molecular complexity index is 395. The Labute approximate surface area is 90.8 Å². The van der Waals surface area contributed by atoms with E-state index in [0.717, 1.165) is 0 Å². The number of nitro groups is 1. The molecule has 0 radical (unpaired) electrons. The van der Waals surface area contributed by atoms with E-state index in [9.17, 15) is 10.1 Å². The summed E-state index contributed by atoms with van der Waals surface area (Å²) in [6.45, 7) is 0. The summed E-state index contributed by atoms with van der Waals surface area (Å²) in [6, 6.07) is 4.18. The van der Waals surface area contributed by atoms with Gasteiger partial charge in [0.15, 0.2) is 0 Å². The molecule has 4 nitrogen and oxygen atoms in total. The molecular formula is C8H7ClN2O2S. The number of halogens is 1. The predicted molar refractivity (Wildman–Crippen MR) is 58.6 cm³/mol. The number of non-ortho nitro benzene ring substituents is 1. The maximum atomic E-state index is 10.4. The number of benzene rings is 1. The topological polar surface area (TPSA) is 69.2 Å². The number of rotatable bonds is 3. The van der Waals surface area contributed by atoms with Gasteiger partial charge in [0.05, 0.1) is 9.91 Å². The molecule has 1 aromatic rings. The maximum Gasteiger partial charge on any atom is 0.269 e. The van der Waals surface area contributed by atoms with E-state index in [0.29, 0.717) is 10.6 Å². The van der Waals surface area contributed by atoms with Crippen molar-refractivity contribution in [2.75, 3.05) is 0 Å². The molecule has 0 heterocycles. The normalized spacial score (nSPS) is 9.79. The molecule has 74 valence electrons. The number of nitrogens with zero attached hydrogens (tertiary/aromatic N) is 1. The Morgan fingerprint density at radius 2 is 2.29 bits per heavy atom. The van der Waals surface area contributed by atoms with Crippen LogP contribution in [0.25, 0.3) is 0 Å². The van der Waals surface area contributed by atoms with Gasteiger partial charge in [-0.25, -0.2) is 0 Å². The van der Waals surface area contributed by atoms with Crippen LogP contribution in [0.5, 0.6) is 0 Å². The van der Waals surface area contributed by atoms with Gasteiger partial charge in [-0.3, -0.25) is 10.1 Å². The van der Waals surface area contributed by atoms with Gasteiger partial charge in [0, 0.05) is 23.6 Å². The van der Waals surface area contributed by atoms with E-state index in [4.69, 9.17) is 29.6 Å². The molecule has 0 aliphatic heterocycles. The summed E-state index contributed by atoms with van der Waals surface area (Å²) in [5, 5.41) is 10.9. The van der Waals surface area contributed by atoms with Crippen LogP contribution in [-0.4, -0.2) is 9.91 Å². The van der Waals surface area contributed by atoms with E-state index >= 15 is 0 Å². The smallest absolute Gasteiger partial charge is 0.269 e. The van der Waals surface area contributed by atoms with Gasteiger partial charge in [0.1, 0.15) is 0 Å². The summed E-state index contributed by atoms with van der Waals surface area (Å²) in [6.07, 6.45) is 0.274. The Morgan fingerprint density at radius 1 is 1.64 bits per heavy atom. The molecule has 0 atom stereocenters. The van der Waals surface area contributed by atoms with Gasteiger partial charge >= 0.3 is 0 Å². The first kappa shape index (κ1) is 10.9. The van der Waals surface area contributed by atoms with Crippen molar-refractivity contribution >= 4 is 34.5 Å². The first-order chi connectivity index (χ1) is 6.50. The van der Waals surface area contributed by atoms with Crippen molar-refractivity contribution in [3.8, 4) is 0 Å². The predicted octanol–water partition coefficient (Wildman–Crippen LogP) is 2.08. The van der Waals surface area contributed by atoms with Crippen LogP contribution in [0.3, 0.4) is 0 Å². The standard InChI is InChI=1S/C8H7ClN2O2S/c9-7-2-1-6(11(12)13)3-5(7)4-8(10)14/h1-3H,4H2,(H2,10,14). The van der Waals surface area contributed by atoms with Crippen molar-refractivity contribution in [2.45, 2.75) is 6.42 Å². The summed E-state index contributed by atoms with van der Waals surface area (Å²) in [4.78, 5) is 10.2. The summed E-state index contributed by atoms with van der Waals surface area (Å²) < 4.78 is 0. The monoisotopic (exact) mass is 230 g/mol. The first-order valence-corrected chi connectivity index (χ1v) is 4.50. The van der Waals surface area contributed by atoms with Crippen molar-refractivity contribution in [1.29, 1.82) is 0 Å². The Balaban J connectivity index is 3.08. The van der Waals surface area contributed by atoms with Crippen LogP contribution >= 0.6 is 23.8 Å². The zero-order valence-corrected chi connectivity index (χ0v) is 8.64. The zero-order valence-electron chi connectivity index (χ0n) is 7.07. The Morgan fingerprint density at radius 3 is 2.79 bits per heavy atom. The van der Waals surface area contributed by atoms with Gasteiger partial charge in [-0.2, -0.15) is 0 Å². The lowest BCUT2D eigenvalue weighted by molar-refractivity contribution is -0.384. The highest BCUT2D eigenvalue weighted by atomic mass is 35.5. The fourth-order valence-corrected chi connectivity index (χ4v) is 1.34. The summed E-state index contributed by atoms with van der Waals surface area (Å²) in [5.74, 6) is 0. The minimum atomic E-state index is -0.487. The summed E-state index contributed by atoms with van der Waals surface area (Å²) in [5.41, 5.74) is 5.89. The molecule has 1 rings (SSSR count). The molecule has 0 saturated carbocycles. The molecule has 0 saturated heterocycles. The van der Waals surface area contributed by atoms with Crippen LogP contribution in [0.2, 0.25) is 5.02 Å². The lowest BCUT2D eigenvalue weighted by Crippen LogP contribution is -2.11. The molecule has 0 aliphatic carbocycles. The van der Waals surface area contributed by atoms with E-state index in [1.54, 1.807) is 0 Å². The molecule has 6 heteroatoms. The number of nitrogens with two attached hydrogens (primary N) is 1. The van der Waals surface area contributed by atoms with Crippen molar-refractivity contribution < 1.29 is 4.92 Å². The molecule has 0 aliphatic rings. The Hall–Kier alpha value is -1.20. The summed E-state index contributed by atoms with van der Waals surface area (Å²) >= 11 is 10.5. The lowest BCUT2D eigenvalue weighted by atomic mass is 10.1. The number of hydrogen-bond acceptors (Lipinski definition) is 3. The van der Waals surface area contributed by atoms with Gasteiger partial charge in [-0.05, 0) is 11.6 Å². The zero-order chi connectivity index (χ0) is 10.7. The molecule has 14 heavy (non-hydrogen) atoms. The quantitative estimate of drug-likeness (QED) is 0.490. The molecule has 0 spiro atoms. The van der Waals surface area contributed by atoms with Crippen LogP contribution in [0.15, 0.2) is 18.2 Å². The molecule has 1 aromatic carbocycles. The highest BCUT2D eigenvalue weighted by Gasteiger charge is 2.09. The van der Waals surface area contributed by atoms with E-state index in [1.165, 1.54) is 18.2 Å². The second-order valence-electron chi connectivity index (χ2n) is 2.68. The minimum absolute atomic E-state index is 0.0133. The van der Waals surface area contributed by atoms with Crippen LogP contribution < -0.4 is 5.73 Å². The van der Waals surface area contributed by atoms with Crippen molar-refractivity contribution in [2.24, 2.45) is 5.73 Å². The molecule has 0 aromatic heterocycles. The van der Waals surface area contributed by atoms with Gasteiger partial charge in [0.2, 0.25) is 0 Å². The van der Waals surface area contributed by atoms with Crippen molar-refractivity contribution in [1.82, 2.24) is 0 Å². The van der Waals surface area contributed by atoms with Gasteiger partial charge in [-0.1, -0.05) is 23.8 Å². The van der Waals surface area contributed by atoms with E-state index < -0.39 is 4.92 Å². The third-order valence-electron chi connectivity index (χ3n) is 1.60. The third kappa shape index (κ3) is 2.65. The second-order valence-corrected chi connectivity index (χ2v) is 3.61. The lowest BCUT2D eigenvalue weighted by Gasteiger charge is -2.02. The van der Waals surface area contributed by atoms with Gasteiger partial charge in [0.25, 0.3) is 5.69 Å². The van der Waals surface area contributed by atoms with E-state index in [-0.39, 0.29) is 17.1 Å². The molecule has 0 bridgehead atoms. The first-order valence-electron chi connectivity index (χ1n) is 3.72. The molecule has 2 N–H and O–H groups in total. The SMILES string of the molecule is NC(=S)Cc1cc([N+](=O)[O-])ccc1Cl. The van der Waals surface area contributed by atoms with Crippen LogP contribution in [0, 0.1) is 10.1 Å². The number of thiocarbonyl (C=S) groups is 1. The average Bonchev–Trinajstić information content (AvgIpc) is 2.07. The van der Waals surface area contributed by atoms with Crippen molar-refractivity contribution in [3.05, 3.63) is 38.9 Å². The molecular weight excluding hydrogens is 224 g/mol. The van der Waals surface area contributed by atoms with Gasteiger partial charge < -0.3 is 5.73 Å². The molecule has 0 amide bonds. The second kappa shape index (κ2) is 4.34. The summed E-state index contributed by atoms with van der Waals surface area (Å²) in [7, 11) is 0. The molecule has 0 unspecified atom stereocenters.